The molecule has 1 aliphatic rings. The number of fused-ring (bicyclic) bond motifs is 1. The van der Waals surface area contributed by atoms with E-state index in [1.165, 1.54) is 0 Å². The number of nitrogens with one attached hydrogen (secondary N) is 1. The molecule has 0 unspecified atom stereocenters. The fraction of sp³-hybridized carbons (Fsp3) is 0. The molecular formula is C4H5N5O5S. The van der Waals surface area contributed by atoms with Crippen LogP contribution in [0, 0.1) is 0 Å². The van der Waals surface area contributed by atoms with Gasteiger partial charge < -0.3 is 11.5 Å². The number of hydrogen-bond acceptors (Lipinski definition) is 9. The average Bonchev–Trinajstić information content (AvgIpc) is 2.16. The molecule has 11 heteroatoms. The van der Waals surface area contributed by atoms with Crippen molar-refractivity contribution < 1.29 is 17.0 Å². The Balaban J connectivity index is 2.71. The Morgan fingerprint density at radius 3 is 2.73 bits per heavy atom. The zero-order valence-corrected chi connectivity index (χ0v) is 7.82. The normalized spacial score (nSPS) is 17.3. The third-order valence-electron chi connectivity index (χ3n) is 1.51. The van der Waals surface area contributed by atoms with Gasteiger partial charge in [0.05, 0.1) is 0 Å². The summed E-state index contributed by atoms with van der Waals surface area (Å²) < 4.78 is 30.1. The number of hydrogen-bond donors (Lipinski definition) is 3. The van der Waals surface area contributed by atoms with Crippen molar-refractivity contribution in [1.29, 1.82) is 0 Å². The van der Waals surface area contributed by atoms with E-state index in [0.717, 1.165) is 0 Å². The number of rotatable bonds is 0. The molecule has 0 bridgehead atoms. The van der Waals surface area contributed by atoms with Gasteiger partial charge in [-0.25, -0.2) is 5.48 Å². The first-order valence-electron chi connectivity index (χ1n) is 3.48. The van der Waals surface area contributed by atoms with Crippen molar-refractivity contribution in [3.8, 4) is 0 Å². The highest BCUT2D eigenvalue weighted by atomic mass is 32.3. The van der Waals surface area contributed by atoms with Gasteiger partial charge in [0.25, 0.3) is 5.95 Å². The lowest BCUT2D eigenvalue weighted by molar-refractivity contribution is 0.180. The standard InChI is InChI=1S/C4H5N5O5S/c5-1-2(6)7-4-8-13-15(11,12)14-9(4)3(1)10/h5-6H2,(H,7,8). The lowest BCUT2D eigenvalue weighted by atomic mass is 10.5. The van der Waals surface area contributed by atoms with Crippen LogP contribution >= 0.6 is 0 Å². The Kier molecular flexibility index (Phi) is 1.74. The molecule has 0 amide bonds. The number of aromatic nitrogens is 2. The molecule has 0 aromatic carbocycles. The van der Waals surface area contributed by atoms with Gasteiger partial charge in [0, 0.05) is 0 Å². The molecule has 15 heavy (non-hydrogen) atoms. The number of nitrogens with two attached hydrogens (primary N) is 2. The average molecular weight is 235 g/mol. The highest BCUT2D eigenvalue weighted by Crippen LogP contribution is 2.13. The Hall–Kier alpha value is -2.01. The summed E-state index contributed by atoms with van der Waals surface area (Å²) in [4.78, 5) is 14.9. The van der Waals surface area contributed by atoms with E-state index in [-0.39, 0.29) is 11.8 Å². The number of anilines is 3. The zero-order chi connectivity index (χ0) is 11.2. The molecule has 2 rings (SSSR count). The van der Waals surface area contributed by atoms with E-state index in [9.17, 15) is 13.2 Å². The molecule has 0 spiro atoms. The molecular weight excluding hydrogens is 230 g/mol. The van der Waals surface area contributed by atoms with Gasteiger partial charge in [-0.1, -0.05) is 4.73 Å². The molecule has 0 fully saturated rings. The molecule has 0 radical (unpaired) electrons. The molecule has 1 aromatic heterocycles. The van der Waals surface area contributed by atoms with Gasteiger partial charge in [0.1, 0.15) is 5.69 Å². The predicted octanol–water partition coefficient (Wildman–Crippen LogP) is -2.56. The molecule has 0 atom stereocenters. The van der Waals surface area contributed by atoms with Gasteiger partial charge in [-0.2, -0.15) is 13.4 Å². The first kappa shape index (κ1) is 9.54. The van der Waals surface area contributed by atoms with Crippen molar-refractivity contribution in [2.45, 2.75) is 0 Å². The van der Waals surface area contributed by atoms with E-state index < -0.39 is 21.6 Å². The Morgan fingerprint density at radius 2 is 2.07 bits per heavy atom. The quantitative estimate of drug-likeness (QED) is 0.440. The molecule has 10 nitrogen and oxygen atoms in total. The van der Waals surface area contributed by atoms with Crippen LogP contribution in [0.2, 0.25) is 0 Å². The molecule has 0 saturated heterocycles. The monoisotopic (exact) mass is 235 g/mol. The van der Waals surface area contributed by atoms with E-state index in [2.05, 4.69) is 13.6 Å². The van der Waals surface area contributed by atoms with Crippen LogP contribution in [0.4, 0.5) is 17.5 Å². The van der Waals surface area contributed by atoms with Crippen LogP contribution < -0.4 is 26.8 Å². The minimum absolute atomic E-state index is 0.259. The summed E-state index contributed by atoms with van der Waals surface area (Å²) in [7, 11) is -4.33. The molecule has 0 aliphatic carbocycles. The SMILES string of the molecule is Nc1nc2n(c(=O)c1N)OS(=O)(=O)ON2. The topological polar surface area (TPSA) is 152 Å². The maximum absolute atomic E-state index is 11.4. The molecule has 82 valence electrons. The van der Waals surface area contributed by atoms with Crippen LogP contribution in [0.15, 0.2) is 4.79 Å². The molecule has 1 aromatic rings. The first-order valence-corrected chi connectivity index (χ1v) is 4.81. The fourth-order valence-electron chi connectivity index (χ4n) is 0.863. The zero-order valence-electron chi connectivity index (χ0n) is 7.00. The Bertz CT molecular complexity index is 576. The highest BCUT2D eigenvalue weighted by Gasteiger charge is 2.27. The first-order chi connectivity index (χ1) is 6.91. The van der Waals surface area contributed by atoms with E-state index >= 15 is 0 Å². The van der Waals surface area contributed by atoms with Crippen LogP contribution in [0.1, 0.15) is 0 Å². The minimum Gasteiger partial charge on any atom is -0.391 e. The number of nitrogens with zero attached hydrogens (tertiary/aromatic N) is 2. The molecule has 2 heterocycles. The second-order valence-electron chi connectivity index (χ2n) is 2.50. The lowest BCUT2D eigenvalue weighted by Crippen LogP contribution is -2.41. The summed E-state index contributed by atoms with van der Waals surface area (Å²) in [6.45, 7) is 0. The van der Waals surface area contributed by atoms with Gasteiger partial charge >= 0.3 is 16.0 Å². The van der Waals surface area contributed by atoms with Crippen molar-refractivity contribution >= 4 is 27.9 Å². The van der Waals surface area contributed by atoms with Crippen molar-refractivity contribution in [2.75, 3.05) is 16.9 Å². The van der Waals surface area contributed by atoms with Crippen molar-refractivity contribution in [1.82, 2.24) is 9.71 Å². The number of nitrogen functional groups attached to an aromatic ring is 2. The Labute approximate surface area is 82.6 Å². The maximum atomic E-state index is 11.4. The summed E-state index contributed by atoms with van der Waals surface area (Å²) in [5, 5.41) is 0. The largest absolute Gasteiger partial charge is 0.489 e. The van der Waals surface area contributed by atoms with Crippen molar-refractivity contribution in [3.05, 3.63) is 10.4 Å². The van der Waals surface area contributed by atoms with Gasteiger partial charge in [0.2, 0.25) is 0 Å². The van der Waals surface area contributed by atoms with Crippen LogP contribution in [0.25, 0.3) is 0 Å². The Morgan fingerprint density at radius 1 is 1.40 bits per heavy atom. The molecule has 1 aliphatic heterocycles. The van der Waals surface area contributed by atoms with Gasteiger partial charge in [0.15, 0.2) is 5.82 Å². The summed E-state index contributed by atoms with van der Waals surface area (Å²) in [5.41, 5.74) is 11.0. The minimum atomic E-state index is -4.33. The highest BCUT2D eigenvalue weighted by molar-refractivity contribution is 7.82. The van der Waals surface area contributed by atoms with E-state index in [4.69, 9.17) is 11.5 Å². The predicted molar refractivity (Wildman–Crippen MR) is 47.5 cm³/mol. The van der Waals surface area contributed by atoms with Crippen molar-refractivity contribution in [3.63, 3.8) is 0 Å². The third kappa shape index (κ3) is 1.42. The summed E-state index contributed by atoms with van der Waals surface area (Å²) in [6, 6.07) is 0. The summed E-state index contributed by atoms with van der Waals surface area (Å²) >= 11 is 0. The summed E-state index contributed by atoms with van der Waals surface area (Å²) in [5.74, 6) is -0.577. The van der Waals surface area contributed by atoms with Gasteiger partial charge in [-0.3, -0.25) is 9.08 Å². The van der Waals surface area contributed by atoms with E-state index in [1.807, 2.05) is 5.48 Å². The summed E-state index contributed by atoms with van der Waals surface area (Å²) in [6.07, 6.45) is 0. The fourth-order valence-corrected chi connectivity index (χ4v) is 1.39. The maximum Gasteiger partial charge on any atom is 0.489 e. The lowest BCUT2D eigenvalue weighted by Gasteiger charge is -2.17. The van der Waals surface area contributed by atoms with Crippen LogP contribution in [-0.4, -0.2) is 18.1 Å². The van der Waals surface area contributed by atoms with Crippen LogP contribution in [0.3, 0.4) is 0 Å². The van der Waals surface area contributed by atoms with E-state index in [1.54, 1.807) is 0 Å². The second-order valence-corrected chi connectivity index (χ2v) is 3.63. The van der Waals surface area contributed by atoms with Gasteiger partial charge in [-0.15, -0.1) is 4.28 Å². The van der Waals surface area contributed by atoms with Crippen LogP contribution in [0.5, 0.6) is 0 Å². The van der Waals surface area contributed by atoms with E-state index in [0.29, 0.717) is 4.73 Å². The molecule has 5 N–H and O–H groups in total. The van der Waals surface area contributed by atoms with Crippen molar-refractivity contribution in [2.24, 2.45) is 0 Å². The second kappa shape index (κ2) is 2.74. The smallest absolute Gasteiger partial charge is 0.391 e. The molecule has 0 saturated carbocycles. The van der Waals surface area contributed by atoms with Crippen LogP contribution in [-0.2, 0) is 14.7 Å². The van der Waals surface area contributed by atoms with Gasteiger partial charge in [-0.05, 0) is 0 Å². The third-order valence-corrected chi connectivity index (χ3v) is 2.13.